The van der Waals surface area contributed by atoms with Crippen LogP contribution in [-0.2, 0) is 0 Å². The predicted octanol–water partition coefficient (Wildman–Crippen LogP) is 3.75. The summed E-state index contributed by atoms with van der Waals surface area (Å²) in [6.07, 6.45) is 4.45. The molecule has 0 aliphatic heterocycles. The van der Waals surface area contributed by atoms with Crippen LogP contribution in [0.15, 0.2) is 12.7 Å². The fourth-order valence-corrected chi connectivity index (χ4v) is 0.539. The Bertz CT molecular complexity index is 72.8. The second kappa shape index (κ2) is 7.20. The average Bonchev–Trinajstić information content (AvgIpc) is 1.87. The van der Waals surface area contributed by atoms with Gasteiger partial charge >= 0.3 is 0 Å². The minimum atomic E-state index is 0. The molecule has 0 aliphatic carbocycles. The molecule has 0 aromatic heterocycles. The third-order valence-electron chi connectivity index (χ3n) is 2.11. The Kier molecular flexibility index (Phi) is 11.9. The van der Waals surface area contributed by atoms with Gasteiger partial charge in [0.15, 0.2) is 0 Å². The van der Waals surface area contributed by atoms with Crippen molar-refractivity contribution in [3.63, 3.8) is 0 Å². The maximum atomic E-state index is 3.77. The van der Waals surface area contributed by atoms with E-state index in [2.05, 4.69) is 27.4 Å². The van der Waals surface area contributed by atoms with E-state index in [1.165, 1.54) is 12.8 Å². The Morgan fingerprint density at radius 1 is 1.30 bits per heavy atom. The van der Waals surface area contributed by atoms with Crippen molar-refractivity contribution >= 4 is 13.5 Å². The van der Waals surface area contributed by atoms with E-state index in [0.717, 1.165) is 0 Å². The van der Waals surface area contributed by atoms with Gasteiger partial charge in [0.1, 0.15) is 0 Å². The lowest BCUT2D eigenvalue weighted by molar-refractivity contribution is 0.397. The molecule has 0 rings (SSSR count). The minimum absolute atomic E-state index is 0. The molecule has 0 nitrogen and oxygen atoms in total. The molecule has 0 aliphatic rings. The molecule has 0 fully saturated rings. The summed E-state index contributed by atoms with van der Waals surface area (Å²) < 4.78 is 0. The van der Waals surface area contributed by atoms with E-state index in [1.54, 1.807) is 0 Å². The molecular formula is C9H22S. The van der Waals surface area contributed by atoms with E-state index < -0.39 is 0 Å². The van der Waals surface area contributed by atoms with Gasteiger partial charge in [0.25, 0.3) is 0 Å². The lowest BCUT2D eigenvalue weighted by atomic mass is 9.85. The molecule has 0 atom stereocenters. The van der Waals surface area contributed by atoms with Gasteiger partial charge in [0.2, 0.25) is 0 Å². The topological polar surface area (TPSA) is 0 Å². The quantitative estimate of drug-likeness (QED) is 0.554. The number of allylic oxidation sites excluding steroid dienone is 1. The fourth-order valence-electron chi connectivity index (χ4n) is 0.539. The summed E-state index contributed by atoms with van der Waals surface area (Å²) in [5.74, 6) is 0. The van der Waals surface area contributed by atoms with E-state index in [1.807, 2.05) is 6.08 Å². The highest BCUT2D eigenvalue weighted by atomic mass is 32.1. The number of hydrogen-bond donors (Lipinski definition) is 0. The second-order valence-electron chi connectivity index (χ2n) is 2.57. The molecule has 0 unspecified atom stereocenters. The highest BCUT2D eigenvalue weighted by Crippen LogP contribution is 2.25. The van der Waals surface area contributed by atoms with Crippen molar-refractivity contribution < 1.29 is 0 Å². The second-order valence-corrected chi connectivity index (χ2v) is 2.57. The Labute approximate surface area is 73.2 Å². The summed E-state index contributed by atoms with van der Waals surface area (Å²) in [7, 11) is 0. The molecule has 10 heavy (non-hydrogen) atoms. The zero-order valence-electron chi connectivity index (χ0n) is 6.70. The first kappa shape index (κ1) is 16.6. The van der Waals surface area contributed by atoms with Gasteiger partial charge in [-0.05, 0) is 18.3 Å². The summed E-state index contributed by atoms with van der Waals surface area (Å²) in [6.45, 7) is 10.4. The van der Waals surface area contributed by atoms with E-state index in [4.69, 9.17) is 0 Å². The van der Waals surface area contributed by atoms with Crippen LogP contribution in [-0.4, -0.2) is 0 Å². The van der Waals surface area contributed by atoms with E-state index >= 15 is 0 Å². The van der Waals surface area contributed by atoms with Crippen molar-refractivity contribution in [3.05, 3.63) is 12.7 Å². The van der Waals surface area contributed by atoms with Crippen LogP contribution in [0.3, 0.4) is 0 Å². The van der Waals surface area contributed by atoms with Crippen LogP contribution < -0.4 is 0 Å². The van der Waals surface area contributed by atoms with Crippen LogP contribution in [0.4, 0.5) is 0 Å². The highest BCUT2D eigenvalue weighted by Gasteiger charge is 2.12. The van der Waals surface area contributed by atoms with Crippen molar-refractivity contribution in [1.29, 1.82) is 0 Å². The maximum absolute atomic E-state index is 3.77. The summed E-state index contributed by atoms with van der Waals surface area (Å²) in [4.78, 5) is 0. The molecule has 0 bridgehead atoms. The number of hydrogen-bond acceptors (Lipinski definition) is 0. The van der Waals surface area contributed by atoms with Crippen LogP contribution >= 0.6 is 13.5 Å². The zero-order valence-corrected chi connectivity index (χ0v) is 7.70. The number of rotatable bonds is 3. The summed E-state index contributed by atoms with van der Waals surface area (Å²) in [6, 6.07) is 0. The summed E-state index contributed by atoms with van der Waals surface area (Å²) in [5.41, 5.74) is 0.389. The summed E-state index contributed by atoms with van der Waals surface area (Å²) >= 11 is 0. The first-order valence-electron chi connectivity index (χ1n) is 3.32. The van der Waals surface area contributed by atoms with Gasteiger partial charge in [-0.15, -0.1) is 6.58 Å². The smallest absolute Gasteiger partial charge is 0.0154 e. The van der Waals surface area contributed by atoms with Crippen LogP contribution in [0.25, 0.3) is 0 Å². The van der Waals surface area contributed by atoms with Gasteiger partial charge in [-0.25, -0.2) is 0 Å². The molecule has 0 spiro atoms. The van der Waals surface area contributed by atoms with Gasteiger partial charge in [0.05, 0.1) is 0 Å². The normalized spacial score (nSPS) is 9.10. The van der Waals surface area contributed by atoms with E-state index in [-0.39, 0.29) is 20.9 Å². The lowest BCUT2D eigenvalue weighted by Gasteiger charge is -2.20. The lowest BCUT2D eigenvalue weighted by Crippen LogP contribution is -2.08. The first-order valence-corrected chi connectivity index (χ1v) is 3.32. The predicted molar refractivity (Wildman–Crippen MR) is 56.0 cm³/mol. The summed E-state index contributed by atoms with van der Waals surface area (Å²) in [5, 5.41) is 0. The third-order valence-corrected chi connectivity index (χ3v) is 2.11. The highest BCUT2D eigenvalue weighted by molar-refractivity contribution is 7.59. The molecular weight excluding hydrogens is 140 g/mol. The molecule has 0 N–H and O–H groups in total. The van der Waals surface area contributed by atoms with Crippen LogP contribution in [0.2, 0.25) is 0 Å². The molecule has 1 heteroatoms. The minimum Gasteiger partial charge on any atom is -0.197 e. The fraction of sp³-hybridized carbons (Fsp3) is 0.778. The van der Waals surface area contributed by atoms with Crippen molar-refractivity contribution in [2.24, 2.45) is 5.41 Å². The van der Waals surface area contributed by atoms with Gasteiger partial charge in [-0.1, -0.05) is 34.3 Å². The molecule has 0 aromatic rings. The van der Waals surface area contributed by atoms with Crippen molar-refractivity contribution in [1.82, 2.24) is 0 Å². The largest absolute Gasteiger partial charge is 0.197 e. The molecule has 0 radical (unpaired) electrons. The van der Waals surface area contributed by atoms with E-state index in [0.29, 0.717) is 5.41 Å². The molecule has 0 amide bonds. The van der Waals surface area contributed by atoms with E-state index in [9.17, 15) is 0 Å². The van der Waals surface area contributed by atoms with Gasteiger partial charge in [-0.3, -0.25) is 0 Å². The first-order chi connectivity index (χ1) is 3.68. The zero-order chi connectivity index (χ0) is 6.62. The standard InChI is InChI=1S/C8H16.CH4.H2S/c1-5-8(4,6-2)7-3;;/h5H,1,6-7H2,2-4H3;1H4;1H2. The molecule has 0 aromatic carbocycles. The average molecular weight is 162 g/mol. The van der Waals surface area contributed by atoms with Gasteiger partial charge in [0, 0.05) is 0 Å². The van der Waals surface area contributed by atoms with Crippen molar-refractivity contribution in [2.75, 3.05) is 0 Å². The molecule has 0 saturated heterocycles. The maximum Gasteiger partial charge on any atom is -0.0154 e. The van der Waals surface area contributed by atoms with Crippen LogP contribution in [0.5, 0.6) is 0 Å². The Morgan fingerprint density at radius 2 is 1.60 bits per heavy atom. The Morgan fingerprint density at radius 3 is 1.60 bits per heavy atom. The molecule has 64 valence electrons. The molecule has 0 heterocycles. The Balaban J connectivity index is -0.000000245. The SMILES string of the molecule is C.C=CC(C)(CC)CC.S. The third kappa shape index (κ3) is 4.92. The monoisotopic (exact) mass is 162 g/mol. The molecule has 0 saturated carbocycles. The van der Waals surface area contributed by atoms with Crippen molar-refractivity contribution in [2.45, 2.75) is 41.0 Å². The van der Waals surface area contributed by atoms with Gasteiger partial charge in [-0.2, -0.15) is 13.5 Å². The van der Waals surface area contributed by atoms with Crippen molar-refractivity contribution in [3.8, 4) is 0 Å². The van der Waals surface area contributed by atoms with Crippen LogP contribution in [0.1, 0.15) is 41.0 Å². The Hall–Kier alpha value is 0.0900. The van der Waals surface area contributed by atoms with Gasteiger partial charge < -0.3 is 0 Å². The van der Waals surface area contributed by atoms with Crippen LogP contribution in [0, 0.1) is 5.41 Å².